The number of nitrogens with zero attached hydrogens (tertiary/aromatic N) is 3. The summed E-state index contributed by atoms with van der Waals surface area (Å²) in [6, 6.07) is 11.0. The molecule has 2 saturated heterocycles. The molecule has 2 aliphatic heterocycles. The summed E-state index contributed by atoms with van der Waals surface area (Å²) in [5.74, 6) is -0.910. The SMILES string of the molecule is CN1C(=O)CO[C@@H]2CN(C(=O)c3cncc(F)c3)CC[C@]21c1ccccc1. The van der Waals surface area contributed by atoms with Crippen LogP contribution >= 0.6 is 0 Å². The van der Waals surface area contributed by atoms with Gasteiger partial charge in [0.1, 0.15) is 18.5 Å². The maximum Gasteiger partial charge on any atom is 0.255 e. The summed E-state index contributed by atoms with van der Waals surface area (Å²) in [5.41, 5.74) is 0.584. The third kappa shape index (κ3) is 2.88. The van der Waals surface area contributed by atoms with Crippen LogP contribution in [0.4, 0.5) is 4.39 Å². The van der Waals surface area contributed by atoms with Crippen molar-refractivity contribution < 1.29 is 18.7 Å². The van der Waals surface area contributed by atoms with Gasteiger partial charge in [-0.3, -0.25) is 14.6 Å². The molecule has 0 unspecified atom stereocenters. The molecule has 140 valence electrons. The van der Waals surface area contributed by atoms with Crippen molar-refractivity contribution in [1.29, 1.82) is 0 Å². The summed E-state index contributed by atoms with van der Waals surface area (Å²) >= 11 is 0. The van der Waals surface area contributed by atoms with E-state index in [0.717, 1.165) is 11.8 Å². The lowest BCUT2D eigenvalue weighted by atomic mass is 9.76. The third-order valence-corrected chi connectivity index (χ3v) is 5.58. The number of carbonyl (C=O) groups is 2. The zero-order chi connectivity index (χ0) is 19.0. The summed E-state index contributed by atoms with van der Waals surface area (Å²) in [5, 5.41) is 0. The molecule has 0 radical (unpaired) electrons. The lowest BCUT2D eigenvalue weighted by Gasteiger charge is -2.54. The first kappa shape index (κ1) is 17.6. The van der Waals surface area contributed by atoms with Crippen molar-refractivity contribution in [2.24, 2.45) is 0 Å². The smallest absolute Gasteiger partial charge is 0.255 e. The van der Waals surface area contributed by atoms with Crippen LogP contribution in [0.25, 0.3) is 0 Å². The number of halogens is 1. The molecular weight excluding hydrogens is 349 g/mol. The first-order valence-electron chi connectivity index (χ1n) is 8.86. The summed E-state index contributed by atoms with van der Waals surface area (Å²) < 4.78 is 19.3. The number of pyridine rings is 1. The molecule has 0 aliphatic carbocycles. The van der Waals surface area contributed by atoms with E-state index >= 15 is 0 Å². The van der Waals surface area contributed by atoms with Gasteiger partial charge in [0, 0.05) is 26.3 Å². The molecule has 1 aromatic heterocycles. The highest BCUT2D eigenvalue weighted by Crippen LogP contribution is 2.42. The minimum atomic E-state index is -0.617. The highest BCUT2D eigenvalue weighted by molar-refractivity contribution is 5.94. The van der Waals surface area contributed by atoms with Crippen molar-refractivity contribution >= 4 is 11.8 Å². The minimum Gasteiger partial charge on any atom is -0.364 e. The van der Waals surface area contributed by atoms with E-state index in [1.165, 1.54) is 12.3 Å². The van der Waals surface area contributed by atoms with E-state index in [4.69, 9.17) is 4.74 Å². The summed E-state index contributed by atoms with van der Waals surface area (Å²) in [7, 11) is 1.79. The van der Waals surface area contributed by atoms with Gasteiger partial charge in [-0.05, 0) is 18.1 Å². The predicted molar refractivity (Wildman–Crippen MR) is 95.3 cm³/mol. The molecule has 2 amide bonds. The fourth-order valence-corrected chi connectivity index (χ4v) is 4.12. The number of carbonyl (C=O) groups excluding carboxylic acids is 2. The average molecular weight is 369 g/mol. The lowest BCUT2D eigenvalue weighted by molar-refractivity contribution is -0.180. The van der Waals surface area contributed by atoms with Crippen molar-refractivity contribution in [3.63, 3.8) is 0 Å². The molecule has 0 saturated carbocycles. The van der Waals surface area contributed by atoms with E-state index in [9.17, 15) is 14.0 Å². The molecule has 0 bridgehead atoms. The zero-order valence-corrected chi connectivity index (χ0v) is 15.0. The van der Waals surface area contributed by atoms with E-state index in [1.807, 2.05) is 30.3 Å². The van der Waals surface area contributed by atoms with Crippen LogP contribution < -0.4 is 0 Å². The first-order valence-corrected chi connectivity index (χ1v) is 8.86. The van der Waals surface area contributed by atoms with Gasteiger partial charge in [0.15, 0.2) is 0 Å². The second kappa shape index (κ2) is 6.74. The maximum absolute atomic E-state index is 13.4. The van der Waals surface area contributed by atoms with Crippen LogP contribution in [0.3, 0.4) is 0 Å². The number of hydrogen-bond donors (Lipinski definition) is 0. The maximum atomic E-state index is 13.4. The molecule has 4 rings (SSSR count). The molecule has 7 heteroatoms. The number of aromatic nitrogens is 1. The molecule has 2 aliphatic rings. The fraction of sp³-hybridized carbons (Fsp3) is 0.350. The Balaban J connectivity index is 1.65. The van der Waals surface area contributed by atoms with Crippen molar-refractivity contribution in [3.8, 4) is 0 Å². The number of piperidine rings is 1. The second-order valence-electron chi connectivity index (χ2n) is 6.94. The van der Waals surface area contributed by atoms with Crippen LogP contribution in [0.15, 0.2) is 48.8 Å². The molecule has 6 nitrogen and oxygen atoms in total. The van der Waals surface area contributed by atoms with E-state index in [-0.39, 0.29) is 30.1 Å². The molecule has 27 heavy (non-hydrogen) atoms. The van der Waals surface area contributed by atoms with Gasteiger partial charge in [0.25, 0.3) is 5.91 Å². The van der Waals surface area contributed by atoms with E-state index in [2.05, 4.69) is 4.98 Å². The third-order valence-electron chi connectivity index (χ3n) is 5.58. The number of hydrogen-bond acceptors (Lipinski definition) is 4. The fourth-order valence-electron chi connectivity index (χ4n) is 4.12. The number of rotatable bonds is 2. The second-order valence-corrected chi connectivity index (χ2v) is 6.94. The lowest BCUT2D eigenvalue weighted by Crippen LogP contribution is -2.67. The summed E-state index contributed by atoms with van der Waals surface area (Å²) in [4.78, 5) is 32.3. The number of likely N-dealkylation sites (N-methyl/N-ethyl adjacent to an activating group) is 1. The Labute approximate surface area is 156 Å². The number of morpholine rings is 1. The molecule has 2 fully saturated rings. The monoisotopic (exact) mass is 369 g/mol. The Bertz CT molecular complexity index is 876. The molecule has 2 atom stereocenters. The van der Waals surface area contributed by atoms with Crippen LogP contribution in [0, 0.1) is 5.82 Å². The molecule has 0 N–H and O–H groups in total. The molecule has 1 aromatic carbocycles. The Morgan fingerprint density at radius 1 is 1.30 bits per heavy atom. The standard InChI is InChI=1S/C20H20FN3O3/c1-23-18(25)13-27-17-12-24(19(26)14-9-16(21)11-22-10-14)8-7-20(17,23)15-5-3-2-4-6-15/h2-6,9-11,17H,7-8,12-13H2,1H3/t17-,20+/m1/s1. The number of benzene rings is 1. The van der Waals surface area contributed by atoms with Crippen LogP contribution in [-0.2, 0) is 15.1 Å². The van der Waals surface area contributed by atoms with Gasteiger partial charge in [0.2, 0.25) is 5.91 Å². The van der Waals surface area contributed by atoms with Gasteiger partial charge >= 0.3 is 0 Å². The zero-order valence-electron chi connectivity index (χ0n) is 15.0. The van der Waals surface area contributed by atoms with E-state index < -0.39 is 11.4 Å². The normalized spacial score (nSPS) is 25.3. The van der Waals surface area contributed by atoms with Crippen molar-refractivity contribution in [2.75, 3.05) is 26.7 Å². The number of ether oxygens (including phenoxy) is 1. The molecular formula is C20H20FN3O3. The van der Waals surface area contributed by atoms with Gasteiger partial charge in [-0.1, -0.05) is 30.3 Å². The van der Waals surface area contributed by atoms with E-state index in [1.54, 1.807) is 16.8 Å². The van der Waals surface area contributed by atoms with Gasteiger partial charge in [-0.2, -0.15) is 0 Å². The van der Waals surface area contributed by atoms with E-state index in [0.29, 0.717) is 19.5 Å². The highest BCUT2D eigenvalue weighted by atomic mass is 19.1. The van der Waals surface area contributed by atoms with Crippen LogP contribution in [-0.4, -0.2) is 59.4 Å². The van der Waals surface area contributed by atoms with Gasteiger partial charge in [-0.15, -0.1) is 0 Å². The largest absolute Gasteiger partial charge is 0.364 e. The van der Waals surface area contributed by atoms with Gasteiger partial charge in [-0.25, -0.2) is 4.39 Å². The molecule has 2 aromatic rings. The topological polar surface area (TPSA) is 62.7 Å². The molecule has 3 heterocycles. The molecule has 0 spiro atoms. The minimum absolute atomic E-state index is 0.0146. The van der Waals surface area contributed by atoms with Crippen LogP contribution in [0.5, 0.6) is 0 Å². The number of likely N-dealkylation sites (tertiary alicyclic amines) is 1. The van der Waals surface area contributed by atoms with Gasteiger partial charge in [0.05, 0.1) is 17.3 Å². The Kier molecular flexibility index (Phi) is 4.39. The van der Waals surface area contributed by atoms with Crippen molar-refractivity contribution in [1.82, 2.24) is 14.8 Å². The summed E-state index contributed by atoms with van der Waals surface area (Å²) in [6.45, 7) is 0.739. The Morgan fingerprint density at radius 3 is 2.81 bits per heavy atom. The highest BCUT2D eigenvalue weighted by Gasteiger charge is 2.53. The Morgan fingerprint density at radius 2 is 2.07 bits per heavy atom. The predicted octanol–water partition coefficient (Wildman–Crippen LogP) is 1.82. The average Bonchev–Trinajstić information content (AvgIpc) is 2.70. The number of fused-ring (bicyclic) bond motifs is 1. The first-order chi connectivity index (χ1) is 13.0. The summed E-state index contributed by atoms with van der Waals surface area (Å²) in [6.07, 6.45) is 2.61. The Hall–Kier alpha value is -2.80. The van der Waals surface area contributed by atoms with Crippen molar-refractivity contribution in [2.45, 2.75) is 18.1 Å². The van der Waals surface area contributed by atoms with Gasteiger partial charge < -0.3 is 14.5 Å². The quantitative estimate of drug-likeness (QED) is 0.810. The number of amides is 2. The van der Waals surface area contributed by atoms with Crippen molar-refractivity contribution in [3.05, 3.63) is 65.7 Å². The van der Waals surface area contributed by atoms with Crippen LogP contribution in [0.1, 0.15) is 22.3 Å². The van der Waals surface area contributed by atoms with Crippen LogP contribution in [0.2, 0.25) is 0 Å².